The summed E-state index contributed by atoms with van der Waals surface area (Å²) in [7, 11) is 0. The molecule has 0 saturated carbocycles. The topological polar surface area (TPSA) is 13.1 Å². The molecule has 0 amide bonds. The van der Waals surface area contributed by atoms with E-state index in [-0.39, 0.29) is 0 Å². The average Bonchev–Trinajstić information content (AvgIpc) is 3.76. The first-order valence-electron chi connectivity index (χ1n) is 15.7. The highest BCUT2D eigenvalue weighted by Gasteiger charge is 2.22. The van der Waals surface area contributed by atoms with Crippen LogP contribution in [0.15, 0.2) is 162 Å². The monoisotopic (exact) mass is 602 g/mol. The SMILES string of the molecule is c1ccc(-c2ccc3cc(-c4c5ccccc5c(-c5cccc6occc56)c5ccccc45)c4c5ccccc5sc4c3c2)cc1. The molecule has 0 N–H and O–H groups in total. The van der Waals surface area contributed by atoms with Gasteiger partial charge in [-0.15, -0.1) is 11.3 Å². The molecule has 2 heterocycles. The number of fused-ring (bicyclic) bond motifs is 8. The molecule has 46 heavy (non-hydrogen) atoms. The zero-order valence-electron chi connectivity index (χ0n) is 24.8. The van der Waals surface area contributed by atoms with Crippen LogP contribution in [-0.2, 0) is 0 Å². The van der Waals surface area contributed by atoms with E-state index in [4.69, 9.17) is 4.42 Å². The van der Waals surface area contributed by atoms with Crippen LogP contribution in [0, 0.1) is 0 Å². The molecule has 214 valence electrons. The molecule has 0 atom stereocenters. The second-order valence-corrected chi connectivity index (χ2v) is 13.1. The molecule has 2 aromatic heterocycles. The van der Waals surface area contributed by atoms with Crippen molar-refractivity contribution in [1.82, 2.24) is 0 Å². The molecule has 2 heteroatoms. The van der Waals surface area contributed by atoms with Crippen molar-refractivity contribution >= 4 is 74.8 Å². The van der Waals surface area contributed by atoms with E-state index >= 15 is 0 Å². The normalized spacial score (nSPS) is 11.9. The lowest BCUT2D eigenvalue weighted by Crippen LogP contribution is -1.92. The smallest absolute Gasteiger partial charge is 0.134 e. The fourth-order valence-electron chi connectivity index (χ4n) is 7.54. The first-order chi connectivity index (χ1) is 22.8. The molecule has 0 aliphatic heterocycles. The number of hydrogen-bond donors (Lipinski definition) is 0. The largest absolute Gasteiger partial charge is 0.464 e. The maximum Gasteiger partial charge on any atom is 0.134 e. The lowest BCUT2D eigenvalue weighted by Gasteiger charge is -2.19. The Labute approximate surface area is 269 Å². The number of hydrogen-bond acceptors (Lipinski definition) is 2. The van der Waals surface area contributed by atoms with Gasteiger partial charge in [-0.3, -0.25) is 0 Å². The minimum atomic E-state index is 0.908. The van der Waals surface area contributed by atoms with Gasteiger partial charge in [-0.1, -0.05) is 121 Å². The second kappa shape index (κ2) is 9.90. The van der Waals surface area contributed by atoms with Crippen molar-refractivity contribution in [3.8, 4) is 33.4 Å². The number of rotatable bonds is 3. The van der Waals surface area contributed by atoms with Crippen LogP contribution >= 0.6 is 11.3 Å². The zero-order valence-corrected chi connectivity index (χ0v) is 25.6. The van der Waals surface area contributed by atoms with Gasteiger partial charge in [-0.25, -0.2) is 0 Å². The highest BCUT2D eigenvalue weighted by molar-refractivity contribution is 7.26. The highest BCUT2D eigenvalue weighted by Crippen LogP contribution is 2.50. The maximum atomic E-state index is 5.86. The van der Waals surface area contributed by atoms with Crippen LogP contribution in [0.5, 0.6) is 0 Å². The van der Waals surface area contributed by atoms with Crippen molar-refractivity contribution in [3.63, 3.8) is 0 Å². The van der Waals surface area contributed by atoms with Crippen molar-refractivity contribution in [2.24, 2.45) is 0 Å². The molecule has 10 aromatic rings. The molecular weight excluding hydrogens is 577 g/mol. The number of furan rings is 1. The Hall–Kier alpha value is -5.70. The molecule has 0 saturated heterocycles. The van der Waals surface area contributed by atoms with Gasteiger partial charge in [0, 0.05) is 30.9 Å². The Morgan fingerprint density at radius 2 is 1.07 bits per heavy atom. The molecular formula is C44H26OS. The van der Waals surface area contributed by atoms with Crippen LogP contribution in [0.2, 0.25) is 0 Å². The third-order valence-electron chi connectivity index (χ3n) is 9.54. The van der Waals surface area contributed by atoms with Crippen LogP contribution in [0.3, 0.4) is 0 Å². The summed E-state index contributed by atoms with van der Waals surface area (Å²) in [5.41, 5.74) is 8.41. The number of benzene rings is 8. The van der Waals surface area contributed by atoms with E-state index in [0.717, 1.165) is 11.0 Å². The van der Waals surface area contributed by atoms with Gasteiger partial charge in [0.05, 0.1) is 6.26 Å². The van der Waals surface area contributed by atoms with Crippen molar-refractivity contribution in [2.45, 2.75) is 0 Å². The Balaban J connectivity index is 1.37. The average molecular weight is 603 g/mol. The molecule has 10 rings (SSSR count). The minimum Gasteiger partial charge on any atom is -0.464 e. The summed E-state index contributed by atoms with van der Waals surface area (Å²) in [5.74, 6) is 0. The van der Waals surface area contributed by atoms with E-state index in [1.54, 1.807) is 6.26 Å². The van der Waals surface area contributed by atoms with Gasteiger partial charge in [0.1, 0.15) is 5.58 Å². The predicted molar refractivity (Wildman–Crippen MR) is 198 cm³/mol. The van der Waals surface area contributed by atoms with Gasteiger partial charge in [-0.05, 0) is 90.6 Å². The van der Waals surface area contributed by atoms with Gasteiger partial charge in [0.2, 0.25) is 0 Å². The quantitative estimate of drug-likeness (QED) is 0.183. The first-order valence-corrected chi connectivity index (χ1v) is 16.5. The Morgan fingerprint density at radius 3 is 1.80 bits per heavy atom. The zero-order chi connectivity index (χ0) is 30.2. The summed E-state index contributed by atoms with van der Waals surface area (Å²) in [5, 5.41) is 11.4. The fourth-order valence-corrected chi connectivity index (χ4v) is 8.79. The van der Waals surface area contributed by atoms with Gasteiger partial charge >= 0.3 is 0 Å². The summed E-state index contributed by atoms with van der Waals surface area (Å²) in [4.78, 5) is 0. The number of thiophene rings is 1. The Bertz CT molecular complexity index is 2740. The van der Waals surface area contributed by atoms with Gasteiger partial charge in [0.25, 0.3) is 0 Å². The summed E-state index contributed by atoms with van der Waals surface area (Å²) < 4.78 is 8.51. The van der Waals surface area contributed by atoms with Crippen LogP contribution in [0.1, 0.15) is 0 Å². The molecule has 0 aliphatic rings. The Kier molecular flexibility index (Phi) is 5.51. The van der Waals surface area contributed by atoms with E-state index in [9.17, 15) is 0 Å². The van der Waals surface area contributed by atoms with Crippen molar-refractivity contribution in [2.75, 3.05) is 0 Å². The lowest BCUT2D eigenvalue weighted by molar-refractivity contribution is 0.616. The molecule has 0 radical (unpaired) electrons. The van der Waals surface area contributed by atoms with E-state index in [1.807, 2.05) is 17.4 Å². The summed E-state index contributed by atoms with van der Waals surface area (Å²) in [6.07, 6.45) is 1.80. The van der Waals surface area contributed by atoms with Crippen LogP contribution in [0.25, 0.3) is 96.8 Å². The van der Waals surface area contributed by atoms with Crippen LogP contribution < -0.4 is 0 Å². The Morgan fingerprint density at radius 1 is 0.413 bits per heavy atom. The van der Waals surface area contributed by atoms with Crippen LogP contribution in [0.4, 0.5) is 0 Å². The van der Waals surface area contributed by atoms with Crippen molar-refractivity contribution in [3.05, 3.63) is 158 Å². The van der Waals surface area contributed by atoms with Crippen molar-refractivity contribution < 1.29 is 4.42 Å². The lowest BCUT2D eigenvalue weighted by atomic mass is 9.83. The summed E-state index contributed by atoms with van der Waals surface area (Å²) >= 11 is 1.91. The van der Waals surface area contributed by atoms with Gasteiger partial charge in [0.15, 0.2) is 0 Å². The highest BCUT2D eigenvalue weighted by atomic mass is 32.1. The van der Waals surface area contributed by atoms with E-state index in [1.165, 1.54) is 85.9 Å². The molecule has 8 aromatic carbocycles. The second-order valence-electron chi connectivity index (χ2n) is 12.0. The van der Waals surface area contributed by atoms with Gasteiger partial charge < -0.3 is 4.42 Å². The van der Waals surface area contributed by atoms with Crippen molar-refractivity contribution in [1.29, 1.82) is 0 Å². The molecule has 0 spiro atoms. The fraction of sp³-hybridized carbons (Fsp3) is 0. The van der Waals surface area contributed by atoms with Crippen LogP contribution in [-0.4, -0.2) is 0 Å². The molecule has 0 unspecified atom stereocenters. The third-order valence-corrected chi connectivity index (χ3v) is 10.7. The van der Waals surface area contributed by atoms with E-state index < -0.39 is 0 Å². The molecule has 0 aliphatic carbocycles. The van der Waals surface area contributed by atoms with E-state index in [0.29, 0.717) is 0 Å². The molecule has 1 nitrogen and oxygen atoms in total. The summed E-state index contributed by atoms with van der Waals surface area (Å²) in [6.45, 7) is 0. The molecule has 0 fully saturated rings. The summed E-state index contributed by atoms with van der Waals surface area (Å²) in [6, 6.07) is 55.4. The third kappa shape index (κ3) is 3.68. The minimum absolute atomic E-state index is 0.908. The van der Waals surface area contributed by atoms with Gasteiger partial charge in [-0.2, -0.15) is 0 Å². The predicted octanol–water partition coefficient (Wildman–Crippen LogP) is 13.3. The first kappa shape index (κ1) is 25.6. The standard InChI is InChI=1S/C44H26OS/c1-2-11-27(12-3-1)28-21-22-29-26-38(43-36-17-8-9-20-40(36)46-44(43)37(29)25-28)42-34-15-6-4-13-32(34)41(33-14-5-7-16-35(33)42)31-18-10-19-39-30(31)23-24-45-39/h1-26H. The maximum absolute atomic E-state index is 5.86. The van der Waals surface area contributed by atoms with E-state index in [2.05, 4.69) is 146 Å². The molecule has 0 bridgehead atoms.